The van der Waals surface area contributed by atoms with Crippen LogP contribution in [0.5, 0.6) is 5.75 Å². The lowest BCUT2D eigenvalue weighted by molar-refractivity contribution is 0.0800. The molecule has 1 saturated heterocycles. The van der Waals surface area contributed by atoms with Crippen molar-refractivity contribution < 1.29 is 9.47 Å². The van der Waals surface area contributed by atoms with Crippen LogP contribution < -0.4 is 10.5 Å². The Morgan fingerprint density at radius 1 is 1.25 bits per heavy atom. The Hall–Kier alpha value is -1.32. The summed E-state index contributed by atoms with van der Waals surface area (Å²) in [5.41, 5.74) is 6.66. The number of benzene rings is 1. The van der Waals surface area contributed by atoms with Crippen molar-refractivity contribution in [2.75, 3.05) is 0 Å². The monoisotopic (exact) mass is 217 g/mol. The van der Waals surface area contributed by atoms with E-state index in [0.29, 0.717) is 6.54 Å². The van der Waals surface area contributed by atoms with E-state index in [1.807, 2.05) is 24.3 Å². The van der Waals surface area contributed by atoms with Crippen molar-refractivity contribution in [1.82, 2.24) is 0 Å². The molecule has 3 heteroatoms. The molecule has 1 fully saturated rings. The maximum atomic E-state index is 5.89. The summed E-state index contributed by atoms with van der Waals surface area (Å²) in [6.45, 7) is 0.570. The van der Waals surface area contributed by atoms with Crippen molar-refractivity contribution in [1.29, 1.82) is 0 Å². The Labute approximate surface area is 94.9 Å². The van der Waals surface area contributed by atoms with Gasteiger partial charge in [-0.05, 0) is 17.7 Å². The Morgan fingerprint density at radius 3 is 2.62 bits per heavy atom. The zero-order valence-electron chi connectivity index (χ0n) is 9.00. The smallest absolute Gasteiger partial charge is 0.131 e. The predicted octanol–water partition coefficient (Wildman–Crippen LogP) is 1.62. The minimum absolute atomic E-state index is 0.138. The van der Waals surface area contributed by atoms with Gasteiger partial charge < -0.3 is 15.2 Å². The molecule has 2 aliphatic rings. The molecular weight excluding hydrogens is 202 g/mol. The summed E-state index contributed by atoms with van der Waals surface area (Å²) in [4.78, 5) is 0. The van der Waals surface area contributed by atoms with Crippen molar-refractivity contribution in [3.63, 3.8) is 0 Å². The van der Waals surface area contributed by atoms with E-state index in [9.17, 15) is 0 Å². The van der Waals surface area contributed by atoms with E-state index in [-0.39, 0.29) is 18.3 Å². The number of hydrogen-bond acceptors (Lipinski definition) is 3. The van der Waals surface area contributed by atoms with E-state index in [0.717, 1.165) is 17.7 Å². The Bertz CT molecular complexity index is 399. The first kappa shape index (κ1) is 9.87. The SMILES string of the molecule is NCc1ccc(OC2CC3C=CC2O3)cc1. The second-order valence-electron chi connectivity index (χ2n) is 4.26. The van der Waals surface area contributed by atoms with Crippen LogP contribution in [0.1, 0.15) is 12.0 Å². The number of rotatable bonds is 3. The van der Waals surface area contributed by atoms with Crippen LogP contribution >= 0.6 is 0 Å². The minimum atomic E-state index is 0.138. The first-order valence-corrected chi connectivity index (χ1v) is 5.64. The lowest BCUT2D eigenvalue weighted by atomic mass is 10.0. The summed E-state index contributed by atoms with van der Waals surface area (Å²) in [6, 6.07) is 7.94. The van der Waals surface area contributed by atoms with Crippen LogP contribution in [-0.2, 0) is 11.3 Å². The first-order valence-electron chi connectivity index (χ1n) is 5.64. The molecular formula is C13H15NO2. The third-order valence-electron chi connectivity index (χ3n) is 3.12. The average molecular weight is 217 g/mol. The van der Waals surface area contributed by atoms with Crippen LogP contribution in [0, 0.1) is 0 Å². The quantitative estimate of drug-likeness (QED) is 0.782. The molecule has 0 amide bonds. The van der Waals surface area contributed by atoms with Gasteiger partial charge in [0.25, 0.3) is 0 Å². The van der Waals surface area contributed by atoms with Gasteiger partial charge in [0.05, 0.1) is 6.10 Å². The summed E-state index contributed by atoms with van der Waals surface area (Å²) >= 11 is 0. The number of ether oxygens (including phenoxy) is 2. The normalized spacial score (nSPS) is 30.9. The van der Waals surface area contributed by atoms with Gasteiger partial charge in [-0.1, -0.05) is 24.3 Å². The molecule has 3 atom stereocenters. The molecule has 0 saturated carbocycles. The van der Waals surface area contributed by atoms with Gasteiger partial charge in [-0.2, -0.15) is 0 Å². The fourth-order valence-electron chi connectivity index (χ4n) is 2.23. The largest absolute Gasteiger partial charge is 0.487 e. The predicted molar refractivity (Wildman–Crippen MR) is 61.2 cm³/mol. The van der Waals surface area contributed by atoms with Crippen LogP contribution in [0.25, 0.3) is 0 Å². The minimum Gasteiger partial charge on any atom is -0.487 e. The standard InChI is InChI=1S/C13H15NO2/c14-8-9-1-3-10(4-2-9)15-13-7-11-5-6-12(13)16-11/h1-6,11-13H,7-8,14H2. The molecule has 2 bridgehead atoms. The van der Waals surface area contributed by atoms with Crippen LogP contribution in [-0.4, -0.2) is 18.3 Å². The van der Waals surface area contributed by atoms with Gasteiger partial charge >= 0.3 is 0 Å². The van der Waals surface area contributed by atoms with Crippen molar-refractivity contribution in [3.8, 4) is 5.75 Å². The van der Waals surface area contributed by atoms with Crippen LogP contribution in [0.2, 0.25) is 0 Å². The molecule has 2 N–H and O–H groups in total. The maximum absolute atomic E-state index is 5.89. The van der Waals surface area contributed by atoms with Crippen LogP contribution in [0.3, 0.4) is 0 Å². The molecule has 0 aromatic heterocycles. The van der Waals surface area contributed by atoms with E-state index in [1.54, 1.807) is 0 Å². The van der Waals surface area contributed by atoms with Crippen molar-refractivity contribution in [2.24, 2.45) is 5.73 Å². The van der Waals surface area contributed by atoms with E-state index in [4.69, 9.17) is 15.2 Å². The average Bonchev–Trinajstić information content (AvgIpc) is 2.92. The molecule has 84 valence electrons. The Kier molecular flexibility index (Phi) is 2.42. The van der Waals surface area contributed by atoms with Crippen LogP contribution in [0.4, 0.5) is 0 Å². The van der Waals surface area contributed by atoms with Crippen molar-refractivity contribution in [2.45, 2.75) is 31.3 Å². The second-order valence-corrected chi connectivity index (χ2v) is 4.26. The van der Waals surface area contributed by atoms with E-state index in [1.165, 1.54) is 0 Å². The van der Waals surface area contributed by atoms with Gasteiger partial charge in [-0.25, -0.2) is 0 Å². The molecule has 3 nitrogen and oxygen atoms in total. The van der Waals surface area contributed by atoms with Gasteiger partial charge in [0.15, 0.2) is 0 Å². The van der Waals surface area contributed by atoms with E-state index in [2.05, 4.69) is 12.2 Å². The molecule has 1 aromatic carbocycles. The third kappa shape index (κ3) is 1.72. The molecule has 2 aliphatic heterocycles. The van der Waals surface area contributed by atoms with Crippen molar-refractivity contribution >= 4 is 0 Å². The highest BCUT2D eigenvalue weighted by Crippen LogP contribution is 2.31. The topological polar surface area (TPSA) is 44.5 Å². The fraction of sp³-hybridized carbons (Fsp3) is 0.385. The van der Waals surface area contributed by atoms with E-state index < -0.39 is 0 Å². The van der Waals surface area contributed by atoms with Gasteiger partial charge in [0.2, 0.25) is 0 Å². The molecule has 3 rings (SSSR count). The lowest BCUT2D eigenvalue weighted by Crippen LogP contribution is -2.26. The highest BCUT2D eigenvalue weighted by Gasteiger charge is 2.38. The second kappa shape index (κ2) is 3.92. The summed E-state index contributed by atoms with van der Waals surface area (Å²) < 4.78 is 11.5. The number of fused-ring (bicyclic) bond motifs is 2. The number of hydrogen-bond donors (Lipinski definition) is 1. The highest BCUT2D eigenvalue weighted by molar-refractivity contribution is 5.28. The molecule has 16 heavy (non-hydrogen) atoms. The highest BCUT2D eigenvalue weighted by atomic mass is 16.6. The summed E-state index contributed by atoms with van der Waals surface area (Å²) in [6.07, 6.45) is 5.73. The Morgan fingerprint density at radius 2 is 2.06 bits per heavy atom. The first-order chi connectivity index (χ1) is 7.85. The van der Waals surface area contributed by atoms with E-state index >= 15 is 0 Å². The molecule has 2 heterocycles. The Balaban J connectivity index is 1.68. The fourth-order valence-corrected chi connectivity index (χ4v) is 2.23. The molecule has 0 spiro atoms. The van der Waals surface area contributed by atoms with Crippen LogP contribution in [0.15, 0.2) is 36.4 Å². The zero-order valence-corrected chi connectivity index (χ0v) is 9.00. The van der Waals surface area contributed by atoms with Gasteiger partial charge in [0, 0.05) is 13.0 Å². The third-order valence-corrected chi connectivity index (χ3v) is 3.12. The maximum Gasteiger partial charge on any atom is 0.131 e. The van der Waals surface area contributed by atoms with Gasteiger partial charge in [-0.3, -0.25) is 0 Å². The summed E-state index contributed by atoms with van der Waals surface area (Å²) in [7, 11) is 0. The number of nitrogens with two attached hydrogens (primary N) is 1. The molecule has 0 radical (unpaired) electrons. The van der Waals surface area contributed by atoms with Crippen molar-refractivity contribution in [3.05, 3.63) is 42.0 Å². The van der Waals surface area contributed by atoms with Gasteiger partial charge in [0.1, 0.15) is 18.0 Å². The molecule has 3 unspecified atom stereocenters. The zero-order chi connectivity index (χ0) is 11.0. The summed E-state index contributed by atoms with van der Waals surface area (Å²) in [5.74, 6) is 0.895. The molecule has 1 aromatic rings. The lowest BCUT2D eigenvalue weighted by Gasteiger charge is -2.18. The summed E-state index contributed by atoms with van der Waals surface area (Å²) in [5, 5.41) is 0. The van der Waals surface area contributed by atoms with Gasteiger partial charge in [-0.15, -0.1) is 0 Å². The molecule has 0 aliphatic carbocycles.